The number of halogens is 1. The topological polar surface area (TPSA) is 80.4 Å². The van der Waals surface area contributed by atoms with Crippen molar-refractivity contribution in [3.8, 4) is 0 Å². The normalized spacial score (nSPS) is 16.4. The molecule has 4 rings (SSSR count). The molecule has 2 heterocycles. The summed E-state index contributed by atoms with van der Waals surface area (Å²) >= 11 is 6.40. The van der Waals surface area contributed by atoms with Crippen LogP contribution in [-0.2, 0) is 0 Å². The number of nitro benzene ring substituents is 1. The van der Waals surface area contributed by atoms with Gasteiger partial charge in [0.05, 0.1) is 22.2 Å². The monoisotopic (exact) mass is 366 g/mol. The highest BCUT2D eigenvalue weighted by Crippen LogP contribution is 2.32. The van der Waals surface area contributed by atoms with Gasteiger partial charge in [0.15, 0.2) is 0 Å². The zero-order valence-corrected chi connectivity index (χ0v) is 14.7. The molecular formula is C19H15ClN4O2. The number of pyridine rings is 1. The van der Waals surface area contributed by atoms with Gasteiger partial charge < -0.3 is 5.43 Å². The maximum absolute atomic E-state index is 11.0. The largest absolute Gasteiger partial charge is 0.302 e. The summed E-state index contributed by atoms with van der Waals surface area (Å²) in [5, 5.41) is 16.8. The molecule has 1 unspecified atom stereocenters. The van der Waals surface area contributed by atoms with Gasteiger partial charge in [-0.05, 0) is 24.6 Å². The van der Waals surface area contributed by atoms with Gasteiger partial charge in [0, 0.05) is 35.1 Å². The first kappa shape index (κ1) is 16.5. The van der Waals surface area contributed by atoms with Crippen molar-refractivity contribution in [2.75, 3.05) is 0 Å². The van der Waals surface area contributed by atoms with Crippen LogP contribution in [0.25, 0.3) is 10.9 Å². The Morgan fingerprint density at radius 1 is 1.23 bits per heavy atom. The fraction of sp³-hybridized carbons (Fsp3) is 0.158. The maximum Gasteiger partial charge on any atom is 0.270 e. The molecule has 26 heavy (non-hydrogen) atoms. The van der Waals surface area contributed by atoms with Gasteiger partial charge in [0.1, 0.15) is 5.15 Å². The molecule has 130 valence electrons. The van der Waals surface area contributed by atoms with Gasteiger partial charge in [0.2, 0.25) is 0 Å². The third-order valence-electron chi connectivity index (χ3n) is 4.47. The lowest BCUT2D eigenvalue weighted by Gasteiger charge is -2.13. The summed E-state index contributed by atoms with van der Waals surface area (Å²) in [4.78, 5) is 15.1. The summed E-state index contributed by atoms with van der Waals surface area (Å²) in [6, 6.07) is 14.4. The van der Waals surface area contributed by atoms with Crippen molar-refractivity contribution in [1.29, 1.82) is 0 Å². The molecule has 0 amide bonds. The number of aromatic nitrogens is 1. The fourth-order valence-electron chi connectivity index (χ4n) is 3.12. The van der Waals surface area contributed by atoms with Gasteiger partial charge in [-0.15, -0.1) is 0 Å². The summed E-state index contributed by atoms with van der Waals surface area (Å²) < 4.78 is 0. The highest BCUT2D eigenvalue weighted by atomic mass is 35.5. The van der Waals surface area contributed by atoms with Gasteiger partial charge in [-0.25, -0.2) is 4.98 Å². The maximum atomic E-state index is 11.0. The minimum absolute atomic E-state index is 0.0504. The Labute approximate surface area is 154 Å². The van der Waals surface area contributed by atoms with E-state index in [0.29, 0.717) is 11.6 Å². The van der Waals surface area contributed by atoms with E-state index in [2.05, 4.69) is 15.5 Å². The lowest BCUT2D eigenvalue weighted by molar-refractivity contribution is -0.384. The Morgan fingerprint density at radius 2 is 2.08 bits per heavy atom. The summed E-state index contributed by atoms with van der Waals surface area (Å²) in [5.41, 5.74) is 7.48. The highest BCUT2D eigenvalue weighted by molar-refractivity contribution is 6.30. The summed E-state index contributed by atoms with van der Waals surface area (Å²) in [7, 11) is 0. The van der Waals surface area contributed by atoms with E-state index in [4.69, 9.17) is 11.6 Å². The lowest BCUT2D eigenvalue weighted by Crippen LogP contribution is -2.11. The first-order valence-electron chi connectivity index (χ1n) is 8.15. The molecule has 0 saturated carbocycles. The van der Waals surface area contributed by atoms with Gasteiger partial charge in [-0.3, -0.25) is 10.1 Å². The van der Waals surface area contributed by atoms with Crippen LogP contribution in [0.15, 0.2) is 53.6 Å². The van der Waals surface area contributed by atoms with Crippen molar-refractivity contribution in [3.63, 3.8) is 0 Å². The first-order valence-corrected chi connectivity index (χ1v) is 8.53. The van der Waals surface area contributed by atoms with Crippen LogP contribution in [-0.4, -0.2) is 15.6 Å². The van der Waals surface area contributed by atoms with E-state index in [9.17, 15) is 10.1 Å². The number of hydrogen-bond donors (Lipinski definition) is 1. The zero-order chi connectivity index (χ0) is 18.3. The van der Waals surface area contributed by atoms with Gasteiger partial charge in [-0.2, -0.15) is 5.10 Å². The SMILES string of the molecule is Cc1ccc2cc(C3CC(c4cccc([N+](=O)[O-])c4)=NN3)c(Cl)nc2c1. The molecule has 2 aromatic carbocycles. The van der Waals surface area contributed by atoms with Crippen molar-refractivity contribution in [2.45, 2.75) is 19.4 Å². The fourth-order valence-corrected chi connectivity index (χ4v) is 3.39. The minimum Gasteiger partial charge on any atom is -0.302 e. The van der Waals surface area contributed by atoms with Crippen molar-refractivity contribution >= 4 is 33.9 Å². The van der Waals surface area contributed by atoms with E-state index in [1.807, 2.05) is 37.3 Å². The molecule has 0 radical (unpaired) electrons. The second-order valence-electron chi connectivity index (χ2n) is 6.32. The molecule has 0 spiro atoms. The molecule has 0 saturated heterocycles. The van der Waals surface area contributed by atoms with Crippen molar-refractivity contribution in [1.82, 2.24) is 10.4 Å². The van der Waals surface area contributed by atoms with Crippen molar-refractivity contribution < 1.29 is 4.92 Å². The van der Waals surface area contributed by atoms with Gasteiger partial charge in [0.25, 0.3) is 5.69 Å². The molecule has 7 heteroatoms. The number of nitro groups is 1. The van der Waals surface area contributed by atoms with Crippen molar-refractivity contribution in [3.05, 3.63) is 80.5 Å². The van der Waals surface area contributed by atoms with E-state index >= 15 is 0 Å². The number of benzene rings is 2. The molecule has 1 aromatic heterocycles. The Bertz CT molecular complexity index is 1060. The molecular weight excluding hydrogens is 352 g/mol. The number of aryl methyl sites for hydroxylation is 1. The van der Waals surface area contributed by atoms with Crippen LogP contribution >= 0.6 is 11.6 Å². The Hall–Kier alpha value is -2.99. The molecule has 3 aromatic rings. The number of nitrogens with zero attached hydrogens (tertiary/aromatic N) is 3. The van der Waals surface area contributed by atoms with E-state index in [-0.39, 0.29) is 11.7 Å². The second-order valence-corrected chi connectivity index (χ2v) is 6.67. The molecule has 0 fully saturated rings. The van der Waals surface area contributed by atoms with Crippen LogP contribution in [0.4, 0.5) is 5.69 Å². The van der Waals surface area contributed by atoms with E-state index in [1.165, 1.54) is 12.1 Å². The minimum atomic E-state index is -0.407. The molecule has 6 nitrogen and oxygen atoms in total. The standard InChI is InChI=1S/C19H15ClN4O2/c1-11-5-6-13-9-15(19(20)21-16(13)7-11)18-10-17(22-23-18)12-3-2-4-14(8-12)24(25)26/h2-9,18,23H,10H2,1H3. The average Bonchev–Trinajstić information content (AvgIpc) is 3.11. The average molecular weight is 367 g/mol. The molecule has 0 aliphatic carbocycles. The van der Waals surface area contributed by atoms with Crippen LogP contribution < -0.4 is 5.43 Å². The molecule has 1 aliphatic rings. The number of nitrogens with one attached hydrogen (secondary N) is 1. The van der Waals surface area contributed by atoms with E-state index in [1.54, 1.807) is 6.07 Å². The van der Waals surface area contributed by atoms with E-state index < -0.39 is 4.92 Å². The van der Waals surface area contributed by atoms with Crippen LogP contribution in [0.3, 0.4) is 0 Å². The first-order chi connectivity index (χ1) is 12.5. The Morgan fingerprint density at radius 3 is 2.88 bits per heavy atom. The predicted octanol–water partition coefficient (Wildman–Crippen LogP) is 4.54. The summed E-state index contributed by atoms with van der Waals surface area (Å²) in [6.45, 7) is 2.01. The zero-order valence-electron chi connectivity index (χ0n) is 13.9. The lowest BCUT2D eigenvalue weighted by atomic mass is 9.98. The number of hydrogen-bond acceptors (Lipinski definition) is 5. The van der Waals surface area contributed by atoms with Crippen LogP contribution in [0, 0.1) is 17.0 Å². The van der Waals surface area contributed by atoms with Crippen molar-refractivity contribution in [2.24, 2.45) is 5.10 Å². The highest BCUT2D eigenvalue weighted by Gasteiger charge is 2.25. The third kappa shape index (κ3) is 2.99. The second kappa shape index (κ2) is 6.38. The summed E-state index contributed by atoms with van der Waals surface area (Å²) in [6.07, 6.45) is 0.583. The third-order valence-corrected chi connectivity index (χ3v) is 4.77. The smallest absolute Gasteiger partial charge is 0.270 e. The Kier molecular flexibility index (Phi) is 4.05. The van der Waals surface area contributed by atoms with Crippen LogP contribution in [0.2, 0.25) is 5.15 Å². The quantitative estimate of drug-likeness (QED) is 0.419. The molecule has 1 atom stereocenters. The molecule has 1 aliphatic heterocycles. The molecule has 1 N–H and O–H groups in total. The molecule has 0 bridgehead atoms. The number of non-ortho nitro benzene ring substituents is 1. The number of fused-ring (bicyclic) bond motifs is 1. The van der Waals surface area contributed by atoms with E-state index in [0.717, 1.165) is 33.3 Å². The van der Waals surface area contributed by atoms with Crippen LogP contribution in [0.1, 0.15) is 29.2 Å². The number of hydrazone groups is 1. The van der Waals surface area contributed by atoms with Gasteiger partial charge in [-0.1, -0.05) is 35.9 Å². The summed E-state index contributed by atoms with van der Waals surface area (Å²) in [5.74, 6) is 0. The van der Waals surface area contributed by atoms with Crippen LogP contribution in [0.5, 0.6) is 0 Å². The Balaban J connectivity index is 1.63. The number of rotatable bonds is 3. The van der Waals surface area contributed by atoms with Gasteiger partial charge >= 0.3 is 0 Å². The predicted molar refractivity (Wildman–Crippen MR) is 102 cm³/mol.